The highest BCUT2D eigenvalue weighted by Crippen LogP contribution is 2.30. The molecule has 0 atom stereocenters. The van der Waals surface area contributed by atoms with Crippen LogP contribution in [0.25, 0.3) is 0 Å². The molecule has 3 rings (SSSR count). The zero-order chi connectivity index (χ0) is 22.3. The lowest BCUT2D eigenvalue weighted by atomic mass is 10.2. The monoisotopic (exact) mass is 464 g/mol. The van der Waals surface area contributed by atoms with Crippen LogP contribution in [-0.4, -0.2) is 56.8 Å². The summed E-state index contributed by atoms with van der Waals surface area (Å²) in [6, 6.07) is 14.5. The van der Waals surface area contributed by atoms with E-state index in [0.717, 1.165) is 4.90 Å². The number of ether oxygens (including phenoxy) is 2. The summed E-state index contributed by atoms with van der Waals surface area (Å²) in [7, 11) is -3.68. The van der Waals surface area contributed by atoms with Gasteiger partial charge in [-0.25, -0.2) is 8.42 Å². The topological polar surface area (TPSA) is 84.9 Å². The first-order valence-corrected chi connectivity index (χ1v) is 12.6. The molecule has 1 aliphatic heterocycles. The summed E-state index contributed by atoms with van der Waals surface area (Å²) in [6.07, 6.45) is 0.173. The van der Waals surface area contributed by atoms with Crippen molar-refractivity contribution in [1.82, 2.24) is 4.31 Å². The molecule has 0 aromatic heterocycles. The number of carbonyl (C=O) groups excluding carboxylic acids is 1. The number of nitrogens with one attached hydrogen (secondary N) is 1. The zero-order valence-corrected chi connectivity index (χ0v) is 19.4. The minimum atomic E-state index is -3.68. The Bertz CT molecular complexity index is 975. The average molecular weight is 465 g/mol. The highest BCUT2D eigenvalue weighted by atomic mass is 32.2. The van der Waals surface area contributed by atoms with E-state index < -0.39 is 10.0 Å². The molecule has 168 valence electrons. The van der Waals surface area contributed by atoms with Gasteiger partial charge in [0.25, 0.3) is 0 Å². The third-order valence-electron chi connectivity index (χ3n) is 4.54. The molecule has 0 aliphatic carbocycles. The Morgan fingerprint density at radius 3 is 2.55 bits per heavy atom. The van der Waals surface area contributed by atoms with Gasteiger partial charge >= 0.3 is 0 Å². The van der Waals surface area contributed by atoms with Crippen molar-refractivity contribution in [2.24, 2.45) is 0 Å². The Morgan fingerprint density at radius 2 is 1.87 bits per heavy atom. The molecule has 0 unspecified atom stereocenters. The van der Waals surface area contributed by atoms with E-state index in [0.29, 0.717) is 49.9 Å². The van der Waals surface area contributed by atoms with Gasteiger partial charge in [-0.1, -0.05) is 18.2 Å². The Balaban J connectivity index is 1.73. The predicted octanol–water partition coefficient (Wildman–Crippen LogP) is 3.62. The second-order valence-electron chi connectivity index (χ2n) is 7.30. The van der Waals surface area contributed by atoms with Gasteiger partial charge < -0.3 is 14.8 Å². The molecule has 2 aromatic rings. The lowest BCUT2D eigenvalue weighted by Gasteiger charge is -2.26. The first-order chi connectivity index (χ1) is 14.9. The zero-order valence-electron chi connectivity index (χ0n) is 17.7. The third kappa shape index (κ3) is 6.70. The van der Waals surface area contributed by atoms with Gasteiger partial charge in [0, 0.05) is 30.2 Å². The van der Waals surface area contributed by atoms with Crippen LogP contribution in [0.1, 0.15) is 20.3 Å². The summed E-state index contributed by atoms with van der Waals surface area (Å²) >= 11 is 1.59. The molecule has 0 spiro atoms. The lowest BCUT2D eigenvalue weighted by molar-refractivity contribution is -0.115. The Morgan fingerprint density at radius 1 is 1.16 bits per heavy atom. The van der Waals surface area contributed by atoms with Crippen molar-refractivity contribution in [3.8, 4) is 5.75 Å². The number of carbonyl (C=O) groups is 1. The van der Waals surface area contributed by atoms with Crippen molar-refractivity contribution in [2.45, 2.75) is 36.2 Å². The Kier molecular flexibility index (Phi) is 8.36. The number of benzene rings is 2. The van der Waals surface area contributed by atoms with E-state index in [2.05, 4.69) is 5.32 Å². The van der Waals surface area contributed by atoms with Crippen LogP contribution >= 0.6 is 11.8 Å². The molecule has 1 amide bonds. The summed E-state index contributed by atoms with van der Waals surface area (Å²) in [5, 5.41) is 2.83. The van der Waals surface area contributed by atoms with Crippen LogP contribution in [0.3, 0.4) is 0 Å². The maximum Gasteiger partial charge on any atom is 0.243 e. The van der Waals surface area contributed by atoms with Gasteiger partial charge in [-0.05, 0) is 44.2 Å². The number of hydrogen-bond donors (Lipinski definition) is 1. The first kappa shape index (κ1) is 23.6. The maximum absolute atomic E-state index is 13.0. The quantitative estimate of drug-likeness (QED) is 0.571. The van der Waals surface area contributed by atoms with Crippen LogP contribution < -0.4 is 10.1 Å². The fourth-order valence-corrected chi connectivity index (χ4v) is 5.36. The second-order valence-corrected chi connectivity index (χ2v) is 10.4. The minimum absolute atomic E-state index is 0.119. The van der Waals surface area contributed by atoms with Crippen LogP contribution in [0, 0.1) is 0 Å². The Hall–Kier alpha value is -2.07. The van der Waals surface area contributed by atoms with Gasteiger partial charge in [-0.15, -0.1) is 11.8 Å². The van der Waals surface area contributed by atoms with Crippen LogP contribution in [-0.2, 0) is 19.6 Å². The SMILES string of the molecule is CC(C)Oc1ccc(S(=O)(=O)N2CCOCC2)cc1NC(=O)CCSc1ccccc1. The van der Waals surface area contributed by atoms with E-state index in [1.807, 2.05) is 44.2 Å². The van der Waals surface area contributed by atoms with Gasteiger partial charge in [0.05, 0.1) is 29.9 Å². The van der Waals surface area contributed by atoms with Gasteiger partial charge in [0.15, 0.2) is 0 Å². The number of amides is 1. The average Bonchev–Trinajstić information content (AvgIpc) is 2.76. The lowest BCUT2D eigenvalue weighted by Crippen LogP contribution is -2.40. The highest BCUT2D eigenvalue weighted by Gasteiger charge is 2.27. The molecule has 7 nitrogen and oxygen atoms in total. The molecule has 1 saturated heterocycles. The van der Waals surface area contributed by atoms with Gasteiger partial charge in [0.2, 0.25) is 15.9 Å². The van der Waals surface area contributed by atoms with E-state index in [9.17, 15) is 13.2 Å². The van der Waals surface area contributed by atoms with Crippen molar-refractivity contribution in [3.05, 3.63) is 48.5 Å². The molecule has 2 aromatic carbocycles. The minimum Gasteiger partial charge on any atom is -0.489 e. The molecule has 31 heavy (non-hydrogen) atoms. The number of sulfonamides is 1. The van der Waals surface area contributed by atoms with Gasteiger partial charge in [-0.2, -0.15) is 4.31 Å². The number of anilines is 1. The molecule has 0 saturated carbocycles. The molecule has 1 heterocycles. The molecule has 0 radical (unpaired) electrons. The molecule has 9 heteroatoms. The van der Waals surface area contributed by atoms with E-state index >= 15 is 0 Å². The fourth-order valence-electron chi connectivity index (χ4n) is 3.05. The number of rotatable bonds is 9. The second kappa shape index (κ2) is 11.0. The van der Waals surface area contributed by atoms with Gasteiger partial charge in [0.1, 0.15) is 5.75 Å². The molecule has 1 N–H and O–H groups in total. The number of thioether (sulfide) groups is 1. The summed E-state index contributed by atoms with van der Waals surface area (Å²) in [6.45, 7) is 5.11. The number of hydrogen-bond acceptors (Lipinski definition) is 6. The molecule has 1 aliphatic rings. The third-order valence-corrected chi connectivity index (χ3v) is 7.45. The number of nitrogens with zero attached hydrogens (tertiary/aromatic N) is 1. The molecule has 1 fully saturated rings. The first-order valence-electron chi connectivity index (χ1n) is 10.2. The van der Waals surface area contributed by atoms with Gasteiger partial charge in [-0.3, -0.25) is 4.79 Å². The van der Waals surface area contributed by atoms with Crippen molar-refractivity contribution >= 4 is 33.4 Å². The smallest absolute Gasteiger partial charge is 0.243 e. The van der Waals surface area contributed by atoms with Crippen molar-refractivity contribution in [2.75, 3.05) is 37.4 Å². The van der Waals surface area contributed by atoms with Crippen LogP contribution in [0.2, 0.25) is 0 Å². The fraction of sp³-hybridized carbons (Fsp3) is 0.409. The van der Waals surface area contributed by atoms with Crippen LogP contribution in [0.15, 0.2) is 58.3 Å². The molecule has 0 bridgehead atoms. The highest BCUT2D eigenvalue weighted by molar-refractivity contribution is 7.99. The summed E-state index contributed by atoms with van der Waals surface area (Å²) in [5.74, 6) is 0.861. The molecular formula is C22H28N2O5S2. The van der Waals surface area contributed by atoms with Crippen LogP contribution in [0.5, 0.6) is 5.75 Å². The summed E-state index contributed by atoms with van der Waals surface area (Å²) in [4.78, 5) is 13.8. The van der Waals surface area contributed by atoms with Crippen molar-refractivity contribution in [3.63, 3.8) is 0 Å². The van der Waals surface area contributed by atoms with Crippen molar-refractivity contribution in [1.29, 1.82) is 0 Å². The van der Waals surface area contributed by atoms with E-state index in [-0.39, 0.29) is 16.9 Å². The summed E-state index contributed by atoms with van der Waals surface area (Å²) < 4.78 is 38.4. The number of morpholine rings is 1. The van der Waals surface area contributed by atoms with E-state index in [4.69, 9.17) is 9.47 Å². The van der Waals surface area contributed by atoms with Crippen molar-refractivity contribution < 1.29 is 22.7 Å². The van der Waals surface area contributed by atoms with Crippen LogP contribution in [0.4, 0.5) is 5.69 Å². The maximum atomic E-state index is 13.0. The largest absolute Gasteiger partial charge is 0.489 e. The summed E-state index contributed by atoms with van der Waals surface area (Å²) in [5.41, 5.74) is 0.359. The van der Waals surface area contributed by atoms with E-state index in [1.165, 1.54) is 16.4 Å². The molecular weight excluding hydrogens is 436 g/mol. The standard InChI is InChI=1S/C22H28N2O5S2/c1-17(2)29-21-9-8-19(31(26,27)24-11-13-28-14-12-24)16-20(21)23-22(25)10-15-30-18-6-4-3-5-7-18/h3-9,16-17H,10-15H2,1-2H3,(H,23,25). The Labute approximate surface area is 188 Å². The van der Waals surface area contributed by atoms with E-state index in [1.54, 1.807) is 17.8 Å². The normalized spacial score (nSPS) is 15.1. The predicted molar refractivity (Wildman–Crippen MR) is 122 cm³/mol.